The lowest BCUT2D eigenvalue weighted by molar-refractivity contribution is 0.660. The second-order valence-corrected chi connectivity index (χ2v) is 5.34. The summed E-state index contributed by atoms with van der Waals surface area (Å²) in [5.41, 5.74) is 6.63. The molecule has 2 aromatic rings. The van der Waals surface area contributed by atoms with Crippen LogP contribution in [0.1, 0.15) is 19.3 Å². The summed E-state index contributed by atoms with van der Waals surface area (Å²) in [5.74, 6) is 1.12. The van der Waals surface area contributed by atoms with Crippen LogP contribution in [0.15, 0.2) is 25.0 Å². The molecule has 0 aliphatic rings. The predicted octanol–water partition coefficient (Wildman–Crippen LogP) is 1.39. The Morgan fingerprint density at radius 3 is 2.60 bits per heavy atom. The van der Waals surface area contributed by atoms with Gasteiger partial charge in [-0.05, 0) is 6.42 Å². The summed E-state index contributed by atoms with van der Waals surface area (Å²) in [6, 6.07) is 4.20. The van der Waals surface area contributed by atoms with E-state index in [9.17, 15) is 0 Å². The van der Waals surface area contributed by atoms with Gasteiger partial charge >= 0.3 is 0 Å². The first-order valence-electron chi connectivity index (χ1n) is 8.05. The molecule has 0 fully saturated rings. The highest BCUT2D eigenvalue weighted by atomic mass is 15.2. The number of nitriles is 2. The van der Waals surface area contributed by atoms with Crippen LogP contribution in [0.5, 0.6) is 0 Å². The number of rotatable bonds is 10. The van der Waals surface area contributed by atoms with Crippen molar-refractivity contribution in [1.82, 2.24) is 19.5 Å². The smallest absolute Gasteiger partial charge is 0.157 e. The molecule has 9 heteroatoms. The topological polar surface area (TPSA) is 132 Å². The van der Waals surface area contributed by atoms with Gasteiger partial charge in [0.05, 0.1) is 31.3 Å². The number of nitrogen functional groups attached to an aromatic ring is 1. The maximum atomic E-state index is 8.81. The summed E-state index contributed by atoms with van der Waals surface area (Å²) in [6.45, 7) is 2.50. The minimum absolute atomic E-state index is 0.336. The Labute approximate surface area is 146 Å². The van der Waals surface area contributed by atoms with Crippen molar-refractivity contribution < 1.29 is 0 Å². The minimum atomic E-state index is 0.336. The number of imidazole rings is 1. The van der Waals surface area contributed by atoms with Gasteiger partial charge < -0.3 is 20.5 Å². The summed E-state index contributed by atoms with van der Waals surface area (Å²) < 4.78 is 2.00. The van der Waals surface area contributed by atoms with Crippen molar-refractivity contribution in [3.05, 3.63) is 25.0 Å². The predicted molar refractivity (Wildman–Crippen MR) is 94.5 cm³/mol. The fourth-order valence-corrected chi connectivity index (χ4v) is 2.36. The Kier molecular flexibility index (Phi) is 7.01. The molecule has 0 bridgehead atoms. The van der Waals surface area contributed by atoms with E-state index in [-0.39, 0.29) is 0 Å². The van der Waals surface area contributed by atoms with Gasteiger partial charge in [-0.25, -0.2) is 15.0 Å². The van der Waals surface area contributed by atoms with E-state index in [1.165, 1.54) is 6.33 Å². The highest BCUT2D eigenvalue weighted by Gasteiger charge is 2.14. The fourth-order valence-electron chi connectivity index (χ4n) is 2.36. The molecule has 0 spiro atoms. The van der Waals surface area contributed by atoms with Crippen LogP contribution in [0, 0.1) is 22.7 Å². The first kappa shape index (κ1) is 18.0. The third-order valence-corrected chi connectivity index (χ3v) is 3.59. The van der Waals surface area contributed by atoms with Crippen LogP contribution >= 0.6 is 0 Å². The molecule has 2 heterocycles. The Morgan fingerprint density at radius 1 is 1.20 bits per heavy atom. The Balaban J connectivity index is 1.98. The van der Waals surface area contributed by atoms with E-state index >= 15 is 0 Å². The van der Waals surface area contributed by atoms with Crippen molar-refractivity contribution in [3.8, 4) is 12.1 Å². The molecular weight excluding hydrogens is 318 g/mol. The Bertz CT molecular complexity index is 709. The third kappa shape index (κ3) is 5.36. The number of hydrogen-bond acceptors (Lipinski definition) is 8. The van der Waals surface area contributed by atoms with E-state index in [0.29, 0.717) is 49.8 Å². The highest BCUT2D eigenvalue weighted by Crippen LogP contribution is 2.26. The molecule has 0 aliphatic heterocycles. The zero-order valence-electron chi connectivity index (χ0n) is 14.0. The molecule has 3 N–H and O–H groups in total. The number of aryl methyl sites for hydroxylation is 1. The van der Waals surface area contributed by atoms with Crippen LogP contribution < -0.4 is 16.0 Å². The molecule has 0 saturated heterocycles. The molecule has 2 rings (SSSR count). The van der Waals surface area contributed by atoms with Gasteiger partial charge in [-0.2, -0.15) is 10.5 Å². The summed E-state index contributed by atoms with van der Waals surface area (Å²) >= 11 is 0. The number of anilines is 3. The van der Waals surface area contributed by atoms with Crippen LogP contribution in [0.25, 0.3) is 0 Å². The van der Waals surface area contributed by atoms with Gasteiger partial charge in [-0.1, -0.05) is 0 Å². The van der Waals surface area contributed by atoms with E-state index in [1.807, 2.05) is 15.7 Å². The van der Waals surface area contributed by atoms with Crippen molar-refractivity contribution in [2.75, 3.05) is 35.6 Å². The molecule has 0 amide bonds. The largest absolute Gasteiger partial charge is 0.393 e. The lowest BCUT2D eigenvalue weighted by Crippen LogP contribution is -2.27. The number of aromatic nitrogens is 4. The summed E-state index contributed by atoms with van der Waals surface area (Å²) in [5, 5.41) is 20.8. The van der Waals surface area contributed by atoms with Gasteiger partial charge in [0.25, 0.3) is 0 Å². The maximum Gasteiger partial charge on any atom is 0.157 e. The highest BCUT2D eigenvalue weighted by molar-refractivity contribution is 5.74. The zero-order chi connectivity index (χ0) is 17.9. The van der Waals surface area contributed by atoms with Gasteiger partial charge in [0, 0.05) is 38.6 Å². The average Bonchev–Trinajstić information content (AvgIpc) is 3.14. The van der Waals surface area contributed by atoms with Crippen LogP contribution in [0.2, 0.25) is 0 Å². The molecule has 0 aromatic carbocycles. The standard InChI is InChI=1S/C16H21N9/c17-4-1-9-25(10-2-5-18)16-14(19)15(22-12-23-16)21-6-3-8-24-11-7-20-13-24/h7,11-13H,1-3,6,8-10,19H2,(H,21,22,23). The maximum absolute atomic E-state index is 8.81. The van der Waals surface area contributed by atoms with Crippen molar-refractivity contribution in [2.45, 2.75) is 25.8 Å². The number of nitrogens with zero attached hydrogens (tertiary/aromatic N) is 7. The van der Waals surface area contributed by atoms with Crippen molar-refractivity contribution in [1.29, 1.82) is 10.5 Å². The zero-order valence-corrected chi connectivity index (χ0v) is 14.0. The normalized spacial score (nSPS) is 10.0. The summed E-state index contributed by atoms with van der Waals surface area (Å²) in [4.78, 5) is 14.3. The number of hydrogen-bond donors (Lipinski definition) is 2. The van der Waals surface area contributed by atoms with Gasteiger partial charge in [0.2, 0.25) is 0 Å². The average molecular weight is 339 g/mol. The summed E-state index contributed by atoms with van der Waals surface area (Å²) in [6.07, 6.45) is 8.44. The van der Waals surface area contributed by atoms with E-state index in [1.54, 1.807) is 12.5 Å². The van der Waals surface area contributed by atoms with Crippen molar-refractivity contribution in [2.24, 2.45) is 0 Å². The molecule has 130 valence electrons. The third-order valence-electron chi connectivity index (χ3n) is 3.59. The Morgan fingerprint density at radius 2 is 1.96 bits per heavy atom. The van der Waals surface area contributed by atoms with Crippen LogP contribution in [-0.4, -0.2) is 39.2 Å². The van der Waals surface area contributed by atoms with E-state index in [2.05, 4.69) is 32.4 Å². The monoisotopic (exact) mass is 339 g/mol. The molecule has 25 heavy (non-hydrogen) atoms. The first-order chi connectivity index (χ1) is 12.3. The molecule has 0 radical (unpaired) electrons. The molecular formula is C16H21N9. The SMILES string of the molecule is N#CCCN(CCC#N)c1ncnc(NCCCn2ccnc2)c1N. The minimum Gasteiger partial charge on any atom is -0.393 e. The van der Waals surface area contributed by atoms with E-state index in [4.69, 9.17) is 16.3 Å². The second-order valence-electron chi connectivity index (χ2n) is 5.34. The number of nitrogens with two attached hydrogens (primary N) is 1. The molecule has 9 nitrogen and oxygen atoms in total. The summed E-state index contributed by atoms with van der Waals surface area (Å²) in [7, 11) is 0. The Hall–Kier alpha value is -3.33. The van der Waals surface area contributed by atoms with Crippen molar-refractivity contribution >= 4 is 17.3 Å². The number of nitrogens with one attached hydrogen (secondary N) is 1. The van der Waals surface area contributed by atoms with Crippen molar-refractivity contribution in [3.63, 3.8) is 0 Å². The molecule has 0 aliphatic carbocycles. The lowest BCUT2D eigenvalue weighted by atomic mass is 10.3. The molecule has 2 aromatic heterocycles. The van der Waals surface area contributed by atoms with Gasteiger partial charge in [0.15, 0.2) is 11.6 Å². The van der Waals surface area contributed by atoms with Gasteiger partial charge in [-0.3, -0.25) is 0 Å². The van der Waals surface area contributed by atoms with E-state index < -0.39 is 0 Å². The van der Waals surface area contributed by atoms with Gasteiger partial charge in [0.1, 0.15) is 12.0 Å². The van der Waals surface area contributed by atoms with Crippen LogP contribution in [0.3, 0.4) is 0 Å². The van der Waals surface area contributed by atoms with Crippen LogP contribution in [-0.2, 0) is 6.54 Å². The molecule has 0 unspecified atom stereocenters. The quantitative estimate of drug-likeness (QED) is 0.620. The fraction of sp³-hybridized carbons (Fsp3) is 0.438. The molecule has 0 saturated carbocycles. The molecule has 0 atom stereocenters. The lowest BCUT2D eigenvalue weighted by Gasteiger charge is -2.23. The first-order valence-corrected chi connectivity index (χ1v) is 8.05. The van der Waals surface area contributed by atoms with Crippen LogP contribution in [0.4, 0.5) is 17.3 Å². The second kappa shape index (κ2) is 9.73. The van der Waals surface area contributed by atoms with E-state index in [0.717, 1.165) is 13.0 Å². The van der Waals surface area contributed by atoms with Gasteiger partial charge in [-0.15, -0.1) is 0 Å².